The van der Waals surface area contributed by atoms with E-state index >= 15 is 0 Å². The molecule has 0 aromatic carbocycles. The van der Waals surface area contributed by atoms with E-state index in [1.807, 2.05) is 0 Å². The molecule has 0 aliphatic rings. The summed E-state index contributed by atoms with van der Waals surface area (Å²) in [6, 6.07) is 0. The van der Waals surface area contributed by atoms with Crippen molar-refractivity contribution in [3.05, 3.63) is 26.1 Å². The maximum atomic E-state index is 11.7. The summed E-state index contributed by atoms with van der Waals surface area (Å²) in [5, 5.41) is 0.178. The smallest absolute Gasteiger partial charge is 0.309 e. The lowest BCUT2D eigenvalue weighted by atomic mass is 10.4. The average molecular weight is 277 g/mol. The zero-order valence-corrected chi connectivity index (χ0v) is 10.5. The number of aromatic amines is 1. The highest BCUT2D eigenvalue weighted by Crippen LogP contribution is 2.15. The van der Waals surface area contributed by atoms with Crippen LogP contribution in [0.5, 0.6) is 0 Å². The molecule has 0 radical (unpaired) electrons. The molecule has 0 saturated heterocycles. The zero-order chi connectivity index (χ0) is 12.6. The van der Waals surface area contributed by atoms with Gasteiger partial charge in [-0.25, -0.2) is 4.79 Å². The molecule has 2 rings (SSSR count). The Morgan fingerprint density at radius 3 is 2.76 bits per heavy atom. The first-order valence-corrected chi connectivity index (χ1v) is 5.88. The minimum Gasteiger partial charge on any atom is -0.309 e. The van der Waals surface area contributed by atoms with E-state index in [9.17, 15) is 9.59 Å². The monoisotopic (exact) mass is 276 g/mol. The molecular weight excluding hydrogens is 267 g/mol. The fraction of sp³-hybridized carbons (Fsp3) is 0.444. The first-order chi connectivity index (χ1) is 8.06. The summed E-state index contributed by atoms with van der Waals surface area (Å²) >= 11 is 11.5. The van der Waals surface area contributed by atoms with Crippen molar-refractivity contribution in [1.29, 1.82) is 0 Å². The van der Waals surface area contributed by atoms with Crippen LogP contribution >= 0.6 is 23.2 Å². The van der Waals surface area contributed by atoms with Gasteiger partial charge in [0.15, 0.2) is 11.2 Å². The van der Waals surface area contributed by atoms with Crippen molar-refractivity contribution in [2.45, 2.75) is 13.0 Å². The van der Waals surface area contributed by atoms with Crippen LogP contribution in [-0.2, 0) is 13.6 Å². The number of nitrogens with one attached hydrogen (secondary N) is 1. The highest BCUT2D eigenvalue weighted by Gasteiger charge is 2.15. The van der Waals surface area contributed by atoms with Crippen molar-refractivity contribution >= 4 is 34.4 Å². The topological polar surface area (TPSA) is 72.7 Å². The second-order valence-corrected chi connectivity index (χ2v) is 4.28. The molecule has 92 valence electrons. The highest BCUT2D eigenvalue weighted by atomic mass is 35.5. The Balaban J connectivity index is 2.78. The molecule has 0 saturated carbocycles. The summed E-state index contributed by atoms with van der Waals surface area (Å²) in [5.41, 5.74) is -0.432. The van der Waals surface area contributed by atoms with Crippen molar-refractivity contribution in [3.63, 3.8) is 0 Å². The number of alkyl halides is 1. The summed E-state index contributed by atoms with van der Waals surface area (Å²) < 4.78 is 2.80. The number of hydrogen-bond donors (Lipinski definition) is 1. The number of aryl methyl sites for hydroxylation is 2. The molecule has 8 heteroatoms. The molecule has 2 aromatic heterocycles. The van der Waals surface area contributed by atoms with Gasteiger partial charge in [-0.3, -0.25) is 14.3 Å². The van der Waals surface area contributed by atoms with Crippen LogP contribution in [0.25, 0.3) is 11.2 Å². The molecule has 0 fully saturated rings. The minimum absolute atomic E-state index is 0.178. The molecular formula is C9H10Cl2N4O2. The van der Waals surface area contributed by atoms with Gasteiger partial charge in [-0.05, 0) is 18.0 Å². The van der Waals surface area contributed by atoms with Crippen LogP contribution < -0.4 is 11.2 Å². The van der Waals surface area contributed by atoms with Crippen LogP contribution in [0, 0.1) is 0 Å². The van der Waals surface area contributed by atoms with E-state index in [-0.39, 0.29) is 10.9 Å². The maximum absolute atomic E-state index is 11.7. The van der Waals surface area contributed by atoms with Crippen LogP contribution in [0.3, 0.4) is 0 Å². The summed E-state index contributed by atoms with van der Waals surface area (Å²) in [7, 11) is 1.52. The highest BCUT2D eigenvalue weighted by molar-refractivity contribution is 6.29. The Morgan fingerprint density at radius 2 is 2.12 bits per heavy atom. The van der Waals surface area contributed by atoms with Crippen molar-refractivity contribution in [2.75, 3.05) is 5.88 Å². The van der Waals surface area contributed by atoms with Gasteiger partial charge in [0.25, 0.3) is 5.56 Å². The quantitative estimate of drug-likeness (QED) is 0.663. The average Bonchev–Trinajstić information content (AvgIpc) is 2.61. The Labute approximate surface area is 106 Å². The molecule has 0 atom stereocenters. The molecule has 17 heavy (non-hydrogen) atoms. The molecule has 0 bridgehead atoms. The van der Waals surface area contributed by atoms with Crippen LogP contribution in [0.2, 0.25) is 5.28 Å². The van der Waals surface area contributed by atoms with Crippen LogP contribution in [0.15, 0.2) is 9.59 Å². The second kappa shape index (κ2) is 4.54. The first kappa shape index (κ1) is 12.2. The number of halogens is 2. The Kier molecular flexibility index (Phi) is 3.26. The maximum Gasteiger partial charge on any atom is 0.329 e. The van der Waals surface area contributed by atoms with Gasteiger partial charge in [-0.1, -0.05) is 0 Å². The Morgan fingerprint density at radius 1 is 1.41 bits per heavy atom. The van der Waals surface area contributed by atoms with Gasteiger partial charge in [0.2, 0.25) is 5.28 Å². The number of aromatic nitrogens is 4. The third-order valence-electron chi connectivity index (χ3n) is 2.48. The predicted octanol–water partition coefficient (Wildman–Crippen LogP) is 0.706. The number of rotatable bonds is 3. The molecule has 0 unspecified atom stereocenters. The number of H-pyrrole nitrogens is 1. The van der Waals surface area contributed by atoms with E-state index in [0.717, 1.165) is 0 Å². The van der Waals surface area contributed by atoms with Crippen LogP contribution in [0.1, 0.15) is 6.42 Å². The van der Waals surface area contributed by atoms with Crippen molar-refractivity contribution in [3.8, 4) is 0 Å². The lowest BCUT2D eigenvalue weighted by molar-refractivity contribution is 0.697. The minimum atomic E-state index is -0.513. The first-order valence-electron chi connectivity index (χ1n) is 4.97. The lowest BCUT2D eigenvalue weighted by Crippen LogP contribution is -2.29. The van der Waals surface area contributed by atoms with Gasteiger partial charge in [0.1, 0.15) is 0 Å². The molecule has 2 aromatic rings. The van der Waals surface area contributed by atoms with Gasteiger partial charge in [0, 0.05) is 19.5 Å². The fourth-order valence-corrected chi connectivity index (χ4v) is 2.00. The Hall–Kier alpha value is -1.27. The van der Waals surface area contributed by atoms with E-state index < -0.39 is 11.2 Å². The van der Waals surface area contributed by atoms with Gasteiger partial charge < -0.3 is 4.57 Å². The second-order valence-electron chi connectivity index (χ2n) is 3.57. The molecule has 1 N–H and O–H groups in total. The number of hydrogen-bond acceptors (Lipinski definition) is 3. The number of fused-ring (bicyclic) bond motifs is 1. The molecule has 0 aliphatic carbocycles. The SMILES string of the molecule is Cn1c(=O)[nH]c(=O)c2c1nc(Cl)n2CCCCl. The standard InChI is InChI=1S/C9H10Cl2N4O2/c1-14-6-5(7(16)13-9(14)17)15(4-2-3-10)8(11)12-6/h2-4H2,1H3,(H,13,16,17). The van der Waals surface area contributed by atoms with Gasteiger partial charge in [-0.2, -0.15) is 4.98 Å². The number of imidazole rings is 1. The van der Waals surface area contributed by atoms with Crippen molar-refractivity contribution in [1.82, 2.24) is 19.1 Å². The lowest BCUT2D eigenvalue weighted by Gasteiger charge is -2.03. The molecule has 6 nitrogen and oxygen atoms in total. The molecule has 0 amide bonds. The summed E-state index contributed by atoms with van der Waals surface area (Å²) in [5.74, 6) is 0.458. The van der Waals surface area contributed by atoms with E-state index in [1.54, 1.807) is 4.57 Å². The number of nitrogens with zero attached hydrogens (tertiary/aromatic N) is 3. The van der Waals surface area contributed by atoms with Gasteiger partial charge in [-0.15, -0.1) is 11.6 Å². The van der Waals surface area contributed by atoms with Gasteiger partial charge >= 0.3 is 5.69 Å². The summed E-state index contributed by atoms with van der Waals surface area (Å²) in [6.07, 6.45) is 0.662. The van der Waals surface area contributed by atoms with Crippen LogP contribution in [-0.4, -0.2) is 25.0 Å². The fourth-order valence-electron chi connectivity index (χ4n) is 1.63. The normalized spacial score (nSPS) is 11.2. The van der Waals surface area contributed by atoms with Gasteiger partial charge in [0.05, 0.1) is 0 Å². The molecule has 2 heterocycles. The van der Waals surface area contributed by atoms with E-state index in [2.05, 4.69) is 9.97 Å². The van der Waals surface area contributed by atoms with E-state index in [0.29, 0.717) is 24.4 Å². The predicted molar refractivity (Wildman–Crippen MR) is 65.9 cm³/mol. The third-order valence-corrected chi connectivity index (χ3v) is 3.03. The molecule has 0 spiro atoms. The van der Waals surface area contributed by atoms with Crippen molar-refractivity contribution in [2.24, 2.45) is 7.05 Å². The van der Waals surface area contributed by atoms with E-state index in [4.69, 9.17) is 23.2 Å². The zero-order valence-electron chi connectivity index (χ0n) is 9.04. The molecule has 0 aliphatic heterocycles. The summed E-state index contributed by atoms with van der Waals surface area (Å²) in [6.45, 7) is 0.486. The van der Waals surface area contributed by atoms with E-state index in [1.165, 1.54) is 11.6 Å². The Bertz CT molecular complexity index is 670. The van der Waals surface area contributed by atoms with Crippen LogP contribution in [0.4, 0.5) is 0 Å². The summed E-state index contributed by atoms with van der Waals surface area (Å²) in [4.78, 5) is 29.3. The third kappa shape index (κ3) is 1.98. The van der Waals surface area contributed by atoms with Crippen molar-refractivity contribution < 1.29 is 0 Å². The largest absolute Gasteiger partial charge is 0.329 e.